The van der Waals surface area contributed by atoms with Crippen molar-refractivity contribution in [2.45, 2.75) is 13.1 Å². The average Bonchev–Trinajstić information content (AvgIpc) is 3.08. The normalized spacial score (nSPS) is 16.2. The van der Waals surface area contributed by atoms with Gasteiger partial charge in [0.25, 0.3) is 5.91 Å². The largest absolute Gasteiger partial charge is 0.497 e. The highest BCUT2D eigenvalue weighted by molar-refractivity contribution is 14.1. The van der Waals surface area contributed by atoms with Crippen LogP contribution in [0.1, 0.15) is 28.0 Å². The summed E-state index contributed by atoms with van der Waals surface area (Å²) >= 11 is 2.21. The van der Waals surface area contributed by atoms with E-state index in [1.54, 1.807) is 12.0 Å². The molecule has 1 aliphatic heterocycles. The Morgan fingerprint density at radius 2 is 1.88 bits per heavy atom. The van der Waals surface area contributed by atoms with Crippen molar-refractivity contribution in [2.24, 2.45) is 0 Å². The Morgan fingerprint density at radius 3 is 2.54 bits per heavy atom. The molecule has 0 fully saturated rings. The molecule has 1 aromatic heterocycles. The molecule has 132 valence electrons. The number of carbonyl (C=O) groups excluding carboxylic acids is 1. The Bertz CT molecular complexity index is 965. The molecule has 0 spiro atoms. The van der Waals surface area contributed by atoms with Crippen LogP contribution < -0.4 is 15.0 Å². The standard InChI is InChI=1S/C20H17IN2O3/c1-12-3-10-18(26-12)19-22-17-9-4-13(21)11-16(17)20(24)23(19)14-5-7-15(25-2)8-6-14/h3-11,19,22H,1-2H3/t19-/m1/s1. The fraction of sp³-hybridized carbons (Fsp3) is 0.150. The maximum Gasteiger partial charge on any atom is 0.262 e. The van der Waals surface area contributed by atoms with Crippen LogP contribution in [0.3, 0.4) is 0 Å². The number of benzene rings is 2. The predicted molar refractivity (Wildman–Crippen MR) is 109 cm³/mol. The number of hydrogen-bond acceptors (Lipinski definition) is 4. The lowest BCUT2D eigenvalue weighted by Gasteiger charge is -2.36. The molecular weight excluding hydrogens is 443 g/mol. The van der Waals surface area contributed by atoms with Gasteiger partial charge in [-0.1, -0.05) is 0 Å². The number of rotatable bonds is 3. The molecule has 3 aromatic rings. The summed E-state index contributed by atoms with van der Waals surface area (Å²) in [5.74, 6) is 2.17. The van der Waals surface area contributed by atoms with Gasteiger partial charge in [-0.3, -0.25) is 9.69 Å². The van der Waals surface area contributed by atoms with Gasteiger partial charge < -0.3 is 14.5 Å². The van der Waals surface area contributed by atoms with Crippen LogP contribution in [0.2, 0.25) is 0 Å². The zero-order valence-corrected chi connectivity index (χ0v) is 16.5. The van der Waals surface area contributed by atoms with E-state index in [9.17, 15) is 4.79 Å². The smallest absolute Gasteiger partial charge is 0.262 e. The third kappa shape index (κ3) is 2.94. The fourth-order valence-electron chi connectivity index (χ4n) is 3.09. The Hall–Kier alpha value is -2.48. The number of ether oxygens (including phenoxy) is 1. The third-order valence-corrected chi connectivity index (χ3v) is 5.03. The summed E-state index contributed by atoms with van der Waals surface area (Å²) in [4.78, 5) is 15.0. The first-order valence-corrected chi connectivity index (χ1v) is 9.25. The van der Waals surface area contributed by atoms with Crippen LogP contribution in [0.5, 0.6) is 5.75 Å². The summed E-state index contributed by atoms with van der Waals surface area (Å²) in [6.07, 6.45) is -0.419. The van der Waals surface area contributed by atoms with Crippen LogP contribution in [-0.4, -0.2) is 13.0 Å². The number of fused-ring (bicyclic) bond motifs is 1. The summed E-state index contributed by atoms with van der Waals surface area (Å²) in [6, 6.07) is 17.0. The van der Waals surface area contributed by atoms with E-state index in [2.05, 4.69) is 27.9 Å². The molecule has 0 saturated carbocycles. The maximum absolute atomic E-state index is 13.3. The average molecular weight is 460 g/mol. The molecule has 0 radical (unpaired) electrons. The van der Waals surface area contributed by atoms with Crippen molar-refractivity contribution in [2.75, 3.05) is 17.3 Å². The molecule has 0 saturated heterocycles. The number of aryl methyl sites for hydroxylation is 1. The summed E-state index contributed by atoms with van der Waals surface area (Å²) in [7, 11) is 1.62. The van der Waals surface area contributed by atoms with Crippen molar-refractivity contribution >= 4 is 39.9 Å². The summed E-state index contributed by atoms with van der Waals surface area (Å²) < 4.78 is 12.1. The van der Waals surface area contributed by atoms with Crippen molar-refractivity contribution < 1.29 is 13.9 Å². The quantitative estimate of drug-likeness (QED) is 0.561. The lowest BCUT2D eigenvalue weighted by Crippen LogP contribution is -2.43. The summed E-state index contributed by atoms with van der Waals surface area (Å²) in [5, 5.41) is 3.44. The maximum atomic E-state index is 13.3. The lowest BCUT2D eigenvalue weighted by molar-refractivity contribution is 0.0971. The minimum atomic E-state index is -0.419. The number of anilines is 2. The number of amides is 1. The van der Waals surface area contributed by atoms with Crippen LogP contribution in [0.25, 0.3) is 0 Å². The molecule has 0 aliphatic carbocycles. The molecule has 1 atom stereocenters. The highest BCUT2D eigenvalue weighted by Gasteiger charge is 2.35. The van der Waals surface area contributed by atoms with Crippen LogP contribution in [-0.2, 0) is 0 Å². The minimum Gasteiger partial charge on any atom is -0.497 e. The highest BCUT2D eigenvalue weighted by atomic mass is 127. The van der Waals surface area contributed by atoms with Crippen LogP contribution in [0.15, 0.2) is 59.0 Å². The Kier molecular flexibility index (Phi) is 4.36. The fourth-order valence-corrected chi connectivity index (χ4v) is 3.58. The Balaban J connectivity index is 1.84. The van der Waals surface area contributed by atoms with Crippen molar-refractivity contribution in [1.82, 2.24) is 0 Å². The van der Waals surface area contributed by atoms with E-state index in [1.807, 2.05) is 61.5 Å². The van der Waals surface area contributed by atoms with Gasteiger partial charge in [0.15, 0.2) is 6.17 Å². The first-order valence-electron chi connectivity index (χ1n) is 8.17. The van der Waals surface area contributed by atoms with Gasteiger partial charge in [-0.15, -0.1) is 0 Å². The van der Waals surface area contributed by atoms with Gasteiger partial charge in [-0.2, -0.15) is 0 Å². The Labute approximate surface area is 165 Å². The van der Waals surface area contributed by atoms with Gasteiger partial charge >= 0.3 is 0 Å². The molecule has 4 rings (SSSR count). The van der Waals surface area contributed by atoms with E-state index in [0.717, 1.165) is 26.5 Å². The molecule has 2 heterocycles. The zero-order chi connectivity index (χ0) is 18.3. The Morgan fingerprint density at radius 1 is 1.12 bits per heavy atom. The highest BCUT2D eigenvalue weighted by Crippen LogP contribution is 2.38. The number of nitrogens with one attached hydrogen (secondary N) is 1. The van der Waals surface area contributed by atoms with E-state index in [1.165, 1.54) is 0 Å². The second kappa shape index (κ2) is 6.68. The van der Waals surface area contributed by atoms with E-state index in [0.29, 0.717) is 11.3 Å². The van der Waals surface area contributed by atoms with Gasteiger partial charge in [0, 0.05) is 14.9 Å². The minimum absolute atomic E-state index is 0.0681. The topological polar surface area (TPSA) is 54.7 Å². The molecule has 1 aliphatic rings. The molecule has 5 nitrogen and oxygen atoms in total. The van der Waals surface area contributed by atoms with Crippen LogP contribution >= 0.6 is 22.6 Å². The summed E-state index contributed by atoms with van der Waals surface area (Å²) in [5.41, 5.74) is 2.22. The second-order valence-corrected chi connectivity index (χ2v) is 7.30. The number of furan rings is 1. The van der Waals surface area contributed by atoms with Crippen LogP contribution in [0.4, 0.5) is 11.4 Å². The van der Waals surface area contributed by atoms with Crippen molar-refractivity contribution in [3.05, 3.63) is 75.3 Å². The van der Waals surface area contributed by atoms with Gasteiger partial charge in [-0.05, 0) is 84.1 Å². The van der Waals surface area contributed by atoms with Crippen molar-refractivity contribution in [3.8, 4) is 5.75 Å². The van der Waals surface area contributed by atoms with Crippen molar-refractivity contribution in [3.63, 3.8) is 0 Å². The van der Waals surface area contributed by atoms with Gasteiger partial charge in [0.05, 0.1) is 12.7 Å². The molecule has 1 N–H and O–H groups in total. The van der Waals surface area contributed by atoms with E-state index in [-0.39, 0.29) is 5.91 Å². The predicted octanol–water partition coefficient (Wildman–Crippen LogP) is 4.97. The number of nitrogens with zero attached hydrogens (tertiary/aromatic N) is 1. The number of methoxy groups -OCH3 is 1. The van der Waals surface area contributed by atoms with E-state index >= 15 is 0 Å². The number of hydrogen-bond donors (Lipinski definition) is 1. The van der Waals surface area contributed by atoms with Crippen LogP contribution in [0, 0.1) is 10.5 Å². The molecule has 1 amide bonds. The molecule has 6 heteroatoms. The lowest BCUT2D eigenvalue weighted by atomic mass is 10.1. The monoisotopic (exact) mass is 460 g/mol. The zero-order valence-electron chi connectivity index (χ0n) is 14.3. The van der Waals surface area contributed by atoms with E-state index in [4.69, 9.17) is 9.15 Å². The molecule has 0 unspecified atom stereocenters. The molecule has 0 bridgehead atoms. The number of carbonyl (C=O) groups is 1. The summed E-state index contributed by atoms with van der Waals surface area (Å²) in [6.45, 7) is 1.89. The SMILES string of the molecule is COc1ccc(N2C(=O)c3cc(I)ccc3N[C@H]2c2ccc(C)o2)cc1. The first-order chi connectivity index (χ1) is 12.6. The van der Waals surface area contributed by atoms with Crippen molar-refractivity contribution in [1.29, 1.82) is 0 Å². The van der Waals surface area contributed by atoms with Gasteiger partial charge in [0.1, 0.15) is 17.3 Å². The molecule has 2 aromatic carbocycles. The van der Waals surface area contributed by atoms with Gasteiger partial charge in [0.2, 0.25) is 0 Å². The molecular formula is C20H17IN2O3. The van der Waals surface area contributed by atoms with Gasteiger partial charge in [-0.25, -0.2) is 0 Å². The second-order valence-electron chi connectivity index (χ2n) is 6.06. The third-order valence-electron chi connectivity index (χ3n) is 4.36. The molecule has 26 heavy (non-hydrogen) atoms. The van der Waals surface area contributed by atoms with E-state index < -0.39 is 6.17 Å². The first kappa shape index (κ1) is 17.0. The number of halogens is 1.